The lowest BCUT2D eigenvalue weighted by atomic mass is 9.95. The highest BCUT2D eigenvalue weighted by Gasteiger charge is 2.33. The summed E-state index contributed by atoms with van der Waals surface area (Å²) in [6.07, 6.45) is 1.32. The second-order valence-electron chi connectivity index (χ2n) is 8.94. The molecule has 0 radical (unpaired) electrons. The Morgan fingerprint density at radius 3 is 2.45 bits per heavy atom. The first-order valence-electron chi connectivity index (χ1n) is 10.2. The molecule has 2 aromatic heterocycles. The molecule has 8 nitrogen and oxygen atoms in total. The van der Waals surface area contributed by atoms with Crippen LogP contribution in [0.2, 0.25) is 4.34 Å². The molecular weight excluding hydrogens is 458 g/mol. The van der Waals surface area contributed by atoms with E-state index in [4.69, 9.17) is 11.6 Å². The van der Waals surface area contributed by atoms with Crippen LogP contribution in [0.3, 0.4) is 0 Å². The van der Waals surface area contributed by atoms with Crippen LogP contribution >= 0.6 is 22.9 Å². The first kappa shape index (κ1) is 24.2. The van der Waals surface area contributed by atoms with Gasteiger partial charge in [0, 0.05) is 49.5 Å². The summed E-state index contributed by atoms with van der Waals surface area (Å²) in [6.45, 7) is 7.00. The molecule has 172 valence electrons. The summed E-state index contributed by atoms with van der Waals surface area (Å²) in [5.74, 6) is 0.639. The number of aromatic nitrogens is 2. The van der Waals surface area contributed by atoms with E-state index in [9.17, 15) is 13.2 Å². The van der Waals surface area contributed by atoms with Crippen molar-refractivity contribution in [1.82, 2.24) is 18.4 Å². The largest absolute Gasteiger partial charge is 0.365 e. The Morgan fingerprint density at radius 1 is 1.29 bits per heavy atom. The van der Waals surface area contributed by atoms with Crippen molar-refractivity contribution in [1.29, 1.82) is 0 Å². The number of piperidine rings is 1. The molecule has 3 rings (SSSR count). The summed E-state index contributed by atoms with van der Waals surface area (Å²) in [4.78, 5) is 14.1. The quantitative estimate of drug-likeness (QED) is 0.668. The highest BCUT2D eigenvalue weighted by atomic mass is 35.5. The second kappa shape index (κ2) is 9.19. The highest BCUT2D eigenvalue weighted by Crippen LogP contribution is 2.32. The minimum Gasteiger partial charge on any atom is -0.365 e. The van der Waals surface area contributed by atoms with Crippen molar-refractivity contribution in [3.8, 4) is 0 Å². The average molecular weight is 488 g/mol. The third kappa shape index (κ3) is 5.48. The molecule has 31 heavy (non-hydrogen) atoms. The number of nitrogens with one attached hydrogen (secondary N) is 1. The van der Waals surface area contributed by atoms with E-state index in [-0.39, 0.29) is 11.8 Å². The van der Waals surface area contributed by atoms with Crippen molar-refractivity contribution in [2.45, 2.75) is 46.1 Å². The van der Waals surface area contributed by atoms with E-state index in [1.54, 1.807) is 14.1 Å². The fourth-order valence-corrected chi connectivity index (χ4v) is 5.60. The van der Waals surface area contributed by atoms with Gasteiger partial charge in [-0.3, -0.25) is 4.79 Å². The van der Waals surface area contributed by atoms with Crippen molar-refractivity contribution in [2.24, 2.45) is 5.41 Å². The zero-order chi connectivity index (χ0) is 23.0. The summed E-state index contributed by atoms with van der Waals surface area (Å²) >= 11 is 7.51. The summed E-state index contributed by atoms with van der Waals surface area (Å²) in [7, 11) is -0.330. The van der Waals surface area contributed by atoms with Crippen LogP contribution in [0.15, 0.2) is 18.2 Å². The van der Waals surface area contributed by atoms with Gasteiger partial charge in [0.15, 0.2) is 0 Å². The summed E-state index contributed by atoms with van der Waals surface area (Å²) in [5, 5.41) is 7.97. The van der Waals surface area contributed by atoms with Crippen LogP contribution < -0.4 is 5.32 Å². The van der Waals surface area contributed by atoms with Gasteiger partial charge in [0.2, 0.25) is 0 Å². The predicted octanol–water partition coefficient (Wildman–Crippen LogP) is 3.88. The number of anilines is 1. The molecule has 2 aromatic rings. The number of carbonyl (C=O) groups is 1. The van der Waals surface area contributed by atoms with E-state index in [2.05, 4.69) is 10.4 Å². The van der Waals surface area contributed by atoms with Gasteiger partial charge in [0.1, 0.15) is 5.82 Å². The Kier molecular flexibility index (Phi) is 7.17. The predicted molar refractivity (Wildman–Crippen MR) is 125 cm³/mol. The Morgan fingerprint density at radius 2 is 1.94 bits per heavy atom. The topological polar surface area (TPSA) is 87.5 Å². The van der Waals surface area contributed by atoms with Crippen LogP contribution in [0.4, 0.5) is 5.82 Å². The minimum atomic E-state index is -3.41. The van der Waals surface area contributed by atoms with Gasteiger partial charge in [-0.05, 0) is 25.0 Å². The molecule has 0 amide bonds. The maximum absolute atomic E-state index is 13.0. The van der Waals surface area contributed by atoms with Crippen LogP contribution in [0.5, 0.6) is 0 Å². The van der Waals surface area contributed by atoms with Gasteiger partial charge in [0.05, 0.1) is 16.6 Å². The van der Waals surface area contributed by atoms with Crippen LogP contribution in [0.1, 0.15) is 54.9 Å². The lowest BCUT2D eigenvalue weighted by Crippen LogP contribution is -2.44. The Labute approximate surface area is 193 Å². The van der Waals surface area contributed by atoms with Gasteiger partial charge in [0.25, 0.3) is 16.1 Å². The standard InChI is InChI=1S/C20H30ClN5O3S2/c1-20(2,3)19(27)26-18(22-13-15-6-7-17(21)30-15)12-16(23-26)14-8-10-25(11-9-14)31(28,29)24(4)5/h6-7,12,14,22H,8-11,13H2,1-5H3. The average Bonchev–Trinajstić information content (AvgIpc) is 3.31. The van der Waals surface area contributed by atoms with E-state index < -0.39 is 15.6 Å². The van der Waals surface area contributed by atoms with E-state index >= 15 is 0 Å². The maximum atomic E-state index is 13.0. The van der Waals surface area contributed by atoms with Crippen molar-refractivity contribution >= 4 is 44.9 Å². The van der Waals surface area contributed by atoms with Gasteiger partial charge in [-0.2, -0.15) is 26.8 Å². The first-order valence-corrected chi connectivity index (χ1v) is 12.8. The molecule has 1 fully saturated rings. The fraction of sp³-hybridized carbons (Fsp3) is 0.600. The zero-order valence-electron chi connectivity index (χ0n) is 18.6. The summed E-state index contributed by atoms with van der Waals surface area (Å²) in [5.41, 5.74) is 0.223. The Bertz CT molecular complexity index is 1030. The first-order chi connectivity index (χ1) is 14.4. The molecule has 0 spiro atoms. The van der Waals surface area contributed by atoms with Crippen molar-refractivity contribution in [2.75, 3.05) is 32.5 Å². The molecule has 0 unspecified atom stereocenters. The van der Waals surface area contributed by atoms with Gasteiger partial charge in [-0.15, -0.1) is 11.3 Å². The van der Waals surface area contributed by atoms with Gasteiger partial charge >= 0.3 is 0 Å². The minimum absolute atomic E-state index is 0.0966. The molecule has 11 heteroatoms. The maximum Gasteiger partial charge on any atom is 0.281 e. The van der Waals surface area contributed by atoms with Crippen LogP contribution in [-0.4, -0.2) is 59.9 Å². The summed E-state index contributed by atoms with van der Waals surface area (Å²) in [6, 6.07) is 5.72. The van der Waals surface area contributed by atoms with Gasteiger partial charge < -0.3 is 5.32 Å². The normalized spacial score (nSPS) is 16.7. The lowest BCUT2D eigenvalue weighted by Gasteiger charge is -2.32. The van der Waals surface area contributed by atoms with E-state index in [1.807, 2.05) is 39.0 Å². The monoisotopic (exact) mass is 487 g/mol. The smallest absolute Gasteiger partial charge is 0.281 e. The molecule has 1 N–H and O–H groups in total. The molecule has 0 aromatic carbocycles. The number of nitrogens with zero attached hydrogens (tertiary/aromatic N) is 4. The molecule has 0 saturated carbocycles. The number of rotatable bonds is 6. The number of hydrogen-bond acceptors (Lipinski definition) is 6. The van der Waals surface area contributed by atoms with E-state index in [1.165, 1.54) is 24.6 Å². The molecule has 0 atom stereocenters. The molecule has 0 aliphatic carbocycles. The fourth-order valence-electron chi connectivity index (χ4n) is 3.44. The molecule has 1 saturated heterocycles. The lowest BCUT2D eigenvalue weighted by molar-refractivity contribution is 0.0751. The molecule has 1 aliphatic heterocycles. The Hall–Kier alpha value is -1.46. The van der Waals surface area contributed by atoms with Crippen molar-refractivity contribution < 1.29 is 13.2 Å². The number of carbonyl (C=O) groups excluding carboxylic acids is 1. The van der Waals surface area contributed by atoms with Gasteiger partial charge in [-0.1, -0.05) is 32.4 Å². The second-order valence-corrected chi connectivity index (χ2v) is 12.9. The molecule has 0 bridgehead atoms. The molecular formula is C20H30ClN5O3S2. The molecule has 3 heterocycles. The number of halogens is 1. The van der Waals surface area contributed by atoms with Crippen molar-refractivity contribution in [3.63, 3.8) is 0 Å². The SMILES string of the molecule is CN(C)S(=O)(=O)N1CCC(c2cc(NCc3ccc(Cl)s3)n(C(=O)C(C)(C)C)n2)CC1. The Balaban J connectivity index is 1.79. The summed E-state index contributed by atoms with van der Waals surface area (Å²) < 4.78 is 29.7. The van der Waals surface area contributed by atoms with Crippen molar-refractivity contribution in [3.05, 3.63) is 33.1 Å². The third-order valence-corrected chi connectivity index (χ3v) is 8.47. The van der Waals surface area contributed by atoms with Crippen LogP contribution in [-0.2, 0) is 16.8 Å². The third-order valence-electron chi connectivity index (χ3n) is 5.29. The zero-order valence-corrected chi connectivity index (χ0v) is 20.9. The van der Waals surface area contributed by atoms with Gasteiger partial charge in [-0.25, -0.2) is 0 Å². The van der Waals surface area contributed by atoms with Crippen LogP contribution in [0.25, 0.3) is 0 Å². The van der Waals surface area contributed by atoms with E-state index in [0.29, 0.717) is 38.3 Å². The van der Waals surface area contributed by atoms with E-state index in [0.717, 1.165) is 14.9 Å². The number of hydrogen-bond donors (Lipinski definition) is 1. The number of thiophene rings is 1. The highest BCUT2D eigenvalue weighted by molar-refractivity contribution is 7.86. The molecule has 1 aliphatic rings. The van der Waals surface area contributed by atoms with Crippen LogP contribution in [0, 0.1) is 5.41 Å².